The van der Waals surface area contributed by atoms with Crippen LogP contribution in [0, 0.1) is 0 Å². The van der Waals surface area contributed by atoms with Gasteiger partial charge in [-0.3, -0.25) is 4.79 Å². The SMILES string of the molecule is CCCCN(CC(F)(F)F)C(=O)C1(N)CC1.Cl. The zero-order valence-corrected chi connectivity index (χ0v) is 10.5. The molecule has 0 bridgehead atoms. The van der Waals surface area contributed by atoms with Crippen LogP contribution >= 0.6 is 12.4 Å². The molecule has 1 aliphatic carbocycles. The van der Waals surface area contributed by atoms with Crippen LogP contribution < -0.4 is 5.73 Å². The van der Waals surface area contributed by atoms with E-state index in [0.29, 0.717) is 19.3 Å². The molecule has 0 aromatic carbocycles. The molecule has 102 valence electrons. The van der Waals surface area contributed by atoms with Gasteiger partial charge in [0.2, 0.25) is 5.91 Å². The van der Waals surface area contributed by atoms with E-state index in [-0.39, 0.29) is 19.0 Å². The fourth-order valence-electron chi connectivity index (χ4n) is 1.48. The lowest BCUT2D eigenvalue weighted by molar-refractivity contribution is -0.162. The molecule has 0 atom stereocenters. The van der Waals surface area contributed by atoms with Gasteiger partial charge in [0, 0.05) is 6.54 Å². The fraction of sp³-hybridized carbons (Fsp3) is 0.900. The molecule has 0 saturated heterocycles. The summed E-state index contributed by atoms with van der Waals surface area (Å²) in [5.74, 6) is -0.557. The summed E-state index contributed by atoms with van der Waals surface area (Å²) >= 11 is 0. The predicted molar refractivity (Wildman–Crippen MR) is 60.9 cm³/mol. The van der Waals surface area contributed by atoms with Gasteiger partial charge in [-0.25, -0.2) is 0 Å². The van der Waals surface area contributed by atoms with Crippen molar-refractivity contribution in [1.82, 2.24) is 4.90 Å². The van der Waals surface area contributed by atoms with E-state index in [2.05, 4.69) is 0 Å². The van der Waals surface area contributed by atoms with Gasteiger partial charge in [0.15, 0.2) is 0 Å². The highest BCUT2D eigenvalue weighted by atomic mass is 35.5. The number of hydrogen-bond acceptors (Lipinski definition) is 2. The molecule has 1 fully saturated rings. The van der Waals surface area contributed by atoms with Gasteiger partial charge in [0.25, 0.3) is 0 Å². The van der Waals surface area contributed by atoms with Crippen molar-refractivity contribution in [2.24, 2.45) is 5.73 Å². The molecule has 0 spiro atoms. The van der Waals surface area contributed by atoms with Crippen LogP contribution in [0.1, 0.15) is 32.6 Å². The minimum absolute atomic E-state index is 0. The summed E-state index contributed by atoms with van der Waals surface area (Å²) in [7, 11) is 0. The number of rotatable bonds is 5. The minimum Gasteiger partial charge on any atom is -0.332 e. The van der Waals surface area contributed by atoms with Crippen molar-refractivity contribution in [3.8, 4) is 0 Å². The molecule has 1 saturated carbocycles. The molecule has 17 heavy (non-hydrogen) atoms. The molecule has 0 unspecified atom stereocenters. The Morgan fingerprint density at radius 3 is 2.29 bits per heavy atom. The summed E-state index contributed by atoms with van der Waals surface area (Å²) in [5.41, 5.74) is 4.61. The molecule has 0 aromatic heterocycles. The molecule has 1 aliphatic rings. The summed E-state index contributed by atoms with van der Waals surface area (Å²) in [6.07, 6.45) is -2.05. The van der Waals surface area contributed by atoms with E-state index in [0.717, 1.165) is 11.3 Å². The number of carbonyl (C=O) groups excluding carboxylic acids is 1. The number of alkyl halides is 3. The molecule has 3 nitrogen and oxygen atoms in total. The van der Waals surface area contributed by atoms with E-state index in [1.807, 2.05) is 6.92 Å². The first-order chi connectivity index (χ1) is 7.28. The Bertz CT molecular complexity index is 267. The lowest BCUT2D eigenvalue weighted by Gasteiger charge is -2.26. The van der Waals surface area contributed by atoms with Crippen LogP contribution in [0.2, 0.25) is 0 Å². The highest BCUT2D eigenvalue weighted by molar-refractivity contribution is 5.89. The number of halogens is 4. The van der Waals surface area contributed by atoms with Crippen LogP contribution in [0.5, 0.6) is 0 Å². The fourth-order valence-corrected chi connectivity index (χ4v) is 1.48. The second-order valence-electron chi connectivity index (χ2n) is 4.35. The van der Waals surface area contributed by atoms with Crippen LogP contribution in [-0.2, 0) is 4.79 Å². The summed E-state index contributed by atoms with van der Waals surface area (Å²) in [6.45, 7) is 0.810. The Balaban J connectivity index is 0.00000256. The van der Waals surface area contributed by atoms with Gasteiger partial charge in [-0.2, -0.15) is 13.2 Å². The Hall–Kier alpha value is -0.490. The molecule has 0 aliphatic heterocycles. The van der Waals surface area contributed by atoms with E-state index in [9.17, 15) is 18.0 Å². The lowest BCUT2D eigenvalue weighted by Crippen LogP contribution is -2.49. The number of unbranched alkanes of at least 4 members (excludes halogenated alkanes) is 1. The summed E-state index contributed by atoms with van der Waals surface area (Å²) < 4.78 is 36.8. The number of amides is 1. The molecule has 1 rings (SSSR count). The van der Waals surface area contributed by atoms with Gasteiger partial charge in [0.1, 0.15) is 6.54 Å². The van der Waals surface area contributed by atoms with Crippen LogP contribution in [-0.4, -0.2) is 35.6 Å². The van der Waals surface area contributed by atoms with Crippen molar-refractivity contribution in [2.45, 2.75) is 44.3 Å². The van der Waals surface area contributed by atoms with Crippen molar-refractivity contribution >= 4 is 18.3 Å². The summed E-state index contributed by atoms with van der Waals surface area (Å²) in [5, 5.41) is 0. The average molecular weight is 275 g/mol. The molecule has 7 heteroatoms. The van der Waals surface area contributed by atoms with Gasteiger partial charge in [-0.15, -0.1) is 12.4 Å². The summed E-state index contributed by atoms with van der Waals surface area (Å²) in [4.78, 5) is 12.6. The van der Waals surface area contributed by atoms with Crippen molar-refractivity contribution < 1.29 is 18.0 Å². The van der Waals surface area contributed by atoms with Gasteiger partial charge in [0.05, 0.1) is 5.54 Å². The maximum absolute atomic E-state index is 12.3. The molecular weight excluding hydrogens is 257 g/mol. The topological polar surface area (TPSA) is 46.3 Å². The van der Waals surface area contributed by atoms with Crippen molar-refractivity contribution in [3.63, 3.8) is 0 Å². The van der Waals surface area contributed by atoms with E-state index >= 15 is 0 Å². The van der Waals surface area contributed by atoms with Gasteiger partial charge in [-0.05, 0) is 19.3 Å². The van der Waals surface area contributed by atoms with E-state index < -0.39 is 24.2 Å². The number of nitrogens with zero attached hydrogens (tertiary/aromatic N) is 1. The Labute approximate surface area is 105 Å². The predicted octanol–water partition coefficient (Wildman–Crippen LogP) is 2.09. The van der Waals surface area contributed by atoms with E-state index in [1.54, 1.807) is 0 Å². The van der Waals surface area contributed by atoms with Crippen LogP contribution in [0.3, 0.4) is 0 Å². The van der Waals surface area contributed by atoms with Crippen LogP contribution in [0.15, 0.2) is 0 Å². The third kappa shape index (κ3) is 5.12. The molecular formula is C10H18ClF3N2O. The number of carbonyl (C=O) groups is 1. The molecule has 0 radical (unpaired) electrons. The maximum atomic E-state index is 12.3. The average Bonchev–Trinajstić information content (AvgIpc) is 2.89. The Morgan fingerprint density at radius 2 is 1.94 bits per heavy atom. The zero-order chi connectivity index (χ0) is 12.4. The van der Waals surface area contributed by atoms with E-state index in [4.69, 9.17) is 5.73 Å². The number of hydrogen-bond donors (Lipinski definition) is 1. The second-order valence-corrected chi connectivity index (χ2v) is 4.35. The molecule has 2 N–H and O–H groups in total. The highest BCUT2D eigenvalue weighted by Gasteiger charge is 2.49. The van der Waals surface area contributed by atoms with Crippen LogP contribution in [0.25, 0.3) is 0 Å². The Morgan fingerprint density at radius 1 is 1.41 bits per heavy atom. The third-order valence-corrected chi connectivity index (χ3v) is 2.65. The van der Waals surface area contributed by atoms with Gasteiger partial charge >= 0.3 is 6.18 Å². The molecule has 0 heterocycles. The van der Waals surface area contributed by atoms with Crippen molar-refractivity contribution in [3.05, 3.63) is 0 Å². The molecule has 0 aromatic rings. The number of nitrogens with two attached hydrogens (primary N) is 1. The quantitative estimate of drug-likeness (QED) is 0.834. The van der Waals surface area contributed by atoms with Crippen molar-refractivity contribution in [2.75, 3.05) is 13.1 Å². The first-order valence-electron chi connectivity index (χ1n) is 5.43. The highest BCUT2D eigenvalue weighted by Crippen LogP contribution is 2.35. The first kappa shape index (κ1) is 16.5. The van der Waals surface area contributed by atoms with Crippen molar-refractivity contribution in [1.29, 1.82) is 0 Å². The normalized spacial score (nSPS) is 17.2. The van der Waals surface area contributed by atoms with Gasteiger partial charge in [-0.1, -0.05) is 13.3 Å². The summed E-state index contributed by atoms with van der Waals surface area (Å²) in [6, 6.07) is 0. The standard InChI is InChI=1S/C10H17F3N2O.ClH/c1-2-3-6-15(7-10(11,12)13)8(16)9(14)4-5-9;/h2-7,14H2,1H3;1H. The molecule has 1 amide bonds. The Kier molecular flexibility index (Phi) is 5.74. The minimum atomic E-state index is -4.35. The smallest absolute Gasteiger partial charge is 0.332 e. The first-order valence-corrected chi connectivity index (χ1v) is 5.43. The van der Waals surface area contributed by atoms with Crippen LogP contribution in [0.4, 0.5) is 13.2 Å². The lowest BCUT2D eigenvalue weighted by atomic mass is 10.2. The largest absolute Gasteiger partial charge is 0.406 e. The van der Waals surface area contributed by atoms with Gasteiger partial charge < -0.3 is 10.6 Å². The van der Waals surface area contributed by atoms with E-state index in [1.165, 1.54) is 0 Å². The third-order valence-electron chi connectivity index (χ3n) is 2.65. The second kappa shape index (κ2) is 5.91. The zero-order valence-electron chi connectivity index (χ0n) is 9.72. The maximum Gasteiger partial charge on any atom is 0.406 e. The monoisotopic (exact) mass is 274 g/mol.